The van der Waals surface area contributed by atoms with Crippen molar-refractivity contribution in [2.24, 2.45) is 0 Å². The first-order chi connectivity index (χ1) is 8.97. The summed E-state index contributed by atoms with van der Waals surface area (Å²) in [5, 5.41) is 3.00. The van der Waals surface area contributed by atoms with Crippen LogP contribution in [0.1, 0.15) is 20.7 Å². The SMILES string of the molecule is CNCCN(C)C(=O)c1ccc(C(=O)N(C)C)cc1. The first-order valence-electron chi connectivity index (χ1n) is 6.19. The van der Waals surface area contributed by atoms with Crippen molar-refractivity contribution in [1.82, 2.24) is 15.1 Å². The van der Waals surface area contributed by atoms with Gasteiger partial charge in [-0.3, -0.25) is 9.59 Å². The first kappa shape index (κ1) is 15.2. The molecule has 0 spiro atoms. The number of benzene rings is 1. The minimum absolute atomic E-state index is 0.0425. The highest BCUT2D eigenvalue weighted by Crippen LogP contribution is 2.08. The predicted octanol–water partition coefficient (Wildman–Crippen LogP) is 0.680. The molecule has 0 radical (unpaired) electrons. The number of nitrogens with zero attached hydrogens (tertiary/aromatic N) is 2. The minimum atomic E-state index is -0.0671. The van der Waals surface area contributed by atoms with Gasteiger partial charge < -0.3 is 15.1 Å². The molecule has 19 heavy (non-hydrogen) atoms. The van der Waals surface area contributed by atoms with Gasteiger partial charge in [-0.1, -0.05) is 0 Å². The van der Waals surface area contributed by atoms with Crippen LogP contribution in [0.5, 0.6) is 0 Å². The van der Waals surface area contributed by atoms with E-state index in [1.54, 1.807) is 50.3 Å². The molecule has 0 aliphatic heterocycles. The standard InChI is InChI=1S/C14H21N3O2/c1-15-9-10-17(4)14(19)12-7-5-11(6-8-12)13(18)16(2)3/h5-8,15H,9-10H2,1-4H3. The third-order valence-corrected chi connectivity index (χ3v) is 2.83. The Kier molecular flexibility index (Phi) is 5.51. The molecule has 0 aliphatic rings. The summed E-state index contributed by atoms with van der Waals surface area (Å²) in [6, 6.07) is 6.74. The summed E-state index contributed by atoms with van der Waals surface area (Å²) in [4.78, 5) is 27.0. The number of nitrogens with one attached hydrogen (secondary N) is 1. The molecule has 1 aromatic rings. The lowest BCUT2D eigenvalue weighted by Crippen LogP contribution is -2.32. The van der Waals surface area contributed by atoms with Crippen molar-refractivity contribution in [2.75, 3.05) is 41.3 Å². The van der Waals surface area contributed by atoms with Gasteiger partial charge in [-0.25, -0.2) is 0 Å². The van der Waals surface area contributed by atoms with Crippen LogP contribution in [0.4, 0.5) is 0 Å². The maximum atomic E-state index is 12.1. The van der Waals surface area contributed by atoms with Gasteiger partial charge in [0.15, 0.2) is 0 Å². The molecule has 0 fully saturated rings. The number of amides is 2. The van der Waals surface area contributed by atoms with Gasteiger partial charge in [0.25, 0.3) is 11.8 Å². The van der Waals surface area contributed by atoms with Crippen LogP contribution in [0.3, 0.4) is 0 Å². The van der Waals surface area contributed by atoms with Gasteiger partial charge in [0, 0.05) is 45.4 Å². The molecule has 1 aromatic carbocycles. The smallest absolute Gasteiger partial charge is 0.253 e. The molecule has 1 rings (SSSR count). The molecule has 0 aromatic heterocycles. The highest BCUT2D eigenvalue weighted by atomic mass is 16.2. The van der Waals surface area contributed by atoms with Crippen molar-refractivity contribution in [3.05, 3.63) is 35.4 Å². The Labute approximate surface area is 114 Å². The van der Waals surface area contributed by atoms with E-state index in [4.69, 9.17) is 0 Å². The van der Waals surface area contributed by atoms with Crippen molar-refractivity contribution in [2.45, 2.75) is 0 Å². The third-order valence-electron chi connectivity index (χ3n) is 2.83. The minimum Gasteiger partial charge on any atom is -0.345 e. The van der Waals surface area contributed by atoms with E-state index in [1.807, 2.05) is 7.05 Å². The molecular formula is C14H21N3O2. The van der Waals surface area contributed by atoms with E-state index in [0.717, 1.165) is 6.54 Å². The van der Waals surface area contributed by atoms with Crippen LogP contribution in [0.25, 0.3) is 0 Å². The van der Waals surface area contributed by atoms with Crippen LogP contribution in [-0.2, 0) is 0 Å². The van der Waals surface area contributed by atoms with Crippen molar-refractivity contribution in [1.29, 1.82) is 0 Å². The Hall–Kier alpha value is -1.88. The highest BCUT2D eigenvalue weighted by Gasteiger charge is 2.13. The second-order valence-corrected chi connectivity index (χ2v) is 4.61. The molecule has 0 saturated heterocycles. The van der Waals surface area contributed by atoms with E-state index < -0.39 is 0 Å². The zero-order valence-electron chi connectivity index (χ0n) is 11.9. The van der Waals surface area contributed by atoms with E-state index >= 15 is 0 Å². The zero-order chi connectivity index (χ0) is 14.4. The van der Waals surface area contributed by atoms with Gasteiger partial charge in [0.2, 0.25) is 0 Å². The molecule has 2 amide bonds. The monoisotopic (exact) mass is 263 g/mol. The maximum Gasteiger partial charge on any atom is 0.253 e. The lowest BCUT2D eigenvalue weighted by Gasteiger charge is -2.17. The van der Waals surface area contributed by atoms with Crippen molar-refractivity contribution < 1.29 is 9.59 Å². The third kappa shape index (κ3) is 4.06. The summed E-state index contributed by atoms with van der Waals surface area (Å²) in [5.41, 5.74) is 1.17. The number of carbonyl (C=O) groups excluding carboxylic acids is 2. The molecule has 0 bridgehead atoms. The normalized spacial score (nSPS) is 10.1. The van der Waals surface area contributed by atoms with Crippen LogP contribution in [-0.4, -0.2) is 62.9 Å². The van der Waals surface area contributed by atoms with Crippen LogP contribution in [0, 0.1) is 0 Å². The summed E-state index contributed by atoms with van der Waals surface area (Å²) < 4.78 is 0. The second kappa shape index (κ2) is 6.89. The largest absolute Gasteiger partial charge is 0.345 e. The Morgan fingerprint density at radius 1 is 1.00 bits per heavy atom. The first-order valence-corrected chi connectivity index (χ1v) is 6.19. The topological polar surface area (TPSA) is 52.7 Å². The summed E-state index contributed by atoms with van der Waals surface area (Å²) in [7, 11) is 7.01. The number of carbonyl (C=O) groups is 2. The van der Waals surface area contributed by atoms with E-state index in [-0.39, 0.29) is 11.8 Å². The van der Waals surface area contributed by atoms with E-state index in [9.17, 15) is 9.59 Å². The Balaban J connectivity index is 2.76. The van der Waals surface area contributed by atoms with Crippen LogP contribution < -0.4 is 5.32 Å². The van der Waals surface area contributed by atoms with Crippen molar-refractivity contribution in [3.63, 3.8) is 0 Å². The Morgan fingerprint density at radius 2 is 1.47 bits per heavy atom. The van der Waals surface area contributed by atoms with Crippen LogP contribution in [0.2, 0.25) is 0 Å². The average Bonchev–Trinajstić information content (AvgIpc) is 2.43. The van der Waals surface area contributed by atoms with Crippen LogP contribution in [0.15, 0.2) is 24.3 Å². The molecule has 0 heterocycles. The summed E-state index contributed by atoms with van der Waals surface area (Å²) >= 11 is 0. The number of rotatable bonds is 5. The average molecular weight is 263 g/mol. The van der Waals surface area contributed by atoms with Gasteiger partial charge in [-0.05, 0) is 31.3 Å². The predicted molar refractivity (Wildman–Crippen MR) is 75.3 cm³/mol. The Morgan fingerprint density at radius 3 is 1.89 bits per heavy atom. The lowest BCUT2D eigenvalue weighted by atomic mass is 10.1. The number of hydrogen-bond donors (Lipinski definition) is 1. The molecule has 5 heteroatoms. The van der Waals surface area contributed by atoms with Gasteiger partial charge >= 0.3 is 0 Å². The fraction of sp³-hybridized carbons (Fsp3) is 0.429. The Bertz CT molecular complexity index is 441. The number of hydrogen-bond acceptors (Lipinski definition) is 3. The van der Waals surface area contributed by atoms with E-state index in [2.05, 4.69) is 5.32 Å². The van der Waals surface area contributed by atoms with E-state index in [1.165, 1.54) is 4.90 Å². The molecule has 0 saturated carbocycles. The van der Waals surface area contributed by atoms with Crippen molar-refractivity contribution >= 4 is 11.8 Å². The molecule has 1 N–H and O–H groups in total. The van der Waals surface area contributed by atoms with Gasteiger partial charge in [0.1, 0.15) is 0 Å². The number of likely N-dealkylation sites (N-methyl/N-ethyl adjacent to an activating group) is 2. The van der Waals surface area contributed by atoms with Crippen molar-refractivity contribution in [3.8, 4) is 0 Å². The maximum absolute atomic E-state index is 12.1. The summed E-state index contributed by atoms with van der Waals surface area (Å²) in [6.45, 7) is 1.40. The van der Waals surface area contributed by atoms with Gasteiger partial charge in [-0.15, -0.1) is 0 Å². The summed E-state index contributed by atoms with van der Waals surface area (Å²) in [5.74, 6) is -0.110. The van der Waals surface area contributed by atoms with Crippen LogP contribution >= 0.6 is 0 Å². The highest BCUT2D eigenvalue weighted by molar-refractivity contribution is 5.97. The molecule has 0 aliphatic carbocycles. The quantitative estimate of drug-likeness (QED) is 0.850. The van der Waals surface area contributed by atoms with E-state index in [0.29, 0.717) is 17.7 Å². The van der Waals surface area contributed by atoms with Gasteiger partial charge in [0.05, 0.1) is 0 Å². The molecule has 104 valence electrons. The summed E-state index contributed by atoms with van der Waals surface area (Å²) in [6.07, 6.45) is 0. The fourth-order valence-electron chi connectivity index (χ4n) is 1.62. The molecule has 0 atom stereocenters. The molecular weight excluding hydrogens is 242 g/mol. The molecule has 0 unspecified atom stereocenters. The molecule has 5 nitrogen and oxygen atoms in total. The second-order valence-electron chi connectivity index (χ2n) is 4.61. The lowest BCUT2D eigenvalue weighted by molar-refractivity contribution is 0.0793. The fourth-order valence-corrected chi connectivity index (χ4v) is 1.62. The van der Waals surface area contributed by atoms with Gasteiger partial charge in [-0.2, -0.15) is 0 Å². The zero-order valence-corrected chi connectivity index (χ0v) is 11.9.